The lowest BCUT2D eigenvalue weighted by Gasteiger charge is -2.26. The smallest absolute Gasteiger partial charge is 0.279 e. The Kier molecular flexibility index (Phi) is 4.21. The van der Waals surface area contributed by atoms with E-state index in [-0.39, 0.29) is 0 Å². The summed E-state index contributed by atoms with van der Waals surface area (Å²) in [7, 11) is -3.41. The minimum Gasteiger partial charge on any atom is -0.314 e. The van der Waals surface area contributed by atoms with Gasteiger partial charge in [-0.1, -0.05) is 42.5 Å². The maximum atomic E-state index is 12.3. The lowest BCUT2D eigenvalue weighted by molar-refractivity contribution is 0.355. The topological polar surface area (TPSA) is 61.4 Å². The van der Waals surface area contributed by atoms with Crippen LogP contribution in [0.5, 0.6) is 0 Å². The second kappa shape index (κ2) is 6.11. The molecule has 0 spiro atoms. The molecule has 0 unspecified atom stereocenters. The van der Waals surface area contributed by atoms with E-state index < -0.39 is 10.2 Å². The van der Waals surface area contributed by atoms with Gasteiger partial charge in [0.05, 0.1) is 0 Å². The highest BCUT2D eigenvalue weighted by atomic mass is 32.2. The molecule has 112 valence electrons. The van der Waals surface area contributed by atoms with Gasteiger partial charge in [-0.15, -0.1) is 0 Å². The Labute approximate surface area is 125 Å². The quantitative estimate of drug-likeness (QED) is 0.888. The van der Waals surface area contributed by atoms with Gasteiger partial charge in [-0.05, 0) is 16.3 Å². The average Bonchev–Trinajstić information content (AvgIpc) is 2.54. The van der Waals surface area contributed by atoms with E-state index in [1.165, 1.54) is 4.31 Å². The molecule has 2 N–H and O–H groups in total. The minimum absolute atomic E-state index is 0.313. The molecule has 21 heavy (non-hydrogen) atoms. The molecule has 0 saturated carbocycles. The first-order valence-corrected chi connectivity index (χ1v) is 8.53. The van der Waals surface area contributed by atoms with Crippen LogP contribution in [0.25, 0.3) is 10.8 Å². The summed E-state index contributed by atoms with van der Waals surface area (Å²) in [5.41, 5.74) is 0.992. The zero-order valence-corrected chi connectivity index (χ0v) is 12.6. The van der Waals surface area contributed by atoms with E-state index in [4.69, 9.17) is 0 Å². The molecule has 1 fully saturated rings. The van der Waals surface area contributed by atoms with Gasteiger partial charge >= 0.3 is 0 Å². The van der Waals surface area contributed by atoms with Crippen LogP contribution in [0.3, 0.4) is 0 Å². The fourth-order valence-corrected chi connectivity index (χ4v) is 3.78. The largest absolute Gasteiger partial charge is 0.314 e. The molecule has 0 radical (unpaired) electrons. The lowest BCUT2D eigenvalue weighted by Crippen LogP contribution is -2.50. The highest BCUT2D eigenvalue weighted by Crippen LogP contribution is 2.18. The van der Waals surface area contributed by atoms with Crippen molar-refractivity contribution in [3.05, 3.63) is 48.0 Å². The van der Waals surface area contributed by atoms with Gasteiger partial charge < -0.3 is 5.32 Å². The summed E-state index contributed by atoms with van der Waals surface area (Å²) in [6.45, 7) is 2.76. The fraction of sp³-hybridized carbons (Fsp3) is 0.333. The molecule has 3 rings (SSSR count). The molecule has 1 aliphatic heterocycles. The van der Waals surface area contributed by atoms with Crippen LogP contribution in [0.2, 0.25) is 0 Å². The molecule has 1 aliphatic rings. The zero-order valence-electron chi connectivity index (χ0n) is 11.7. The molecule has 6 heteroatoms. The first-order valence-electron chi connectivity index (χ1n) is 7.09. The number of benzene rings is 2. The predicted octanol–water partition coefficient (Wildman–Crippen LogP) is 1.08. The molecule has 5 nitrogen and oxygen atoms in total. The third kappa shape index (κ3) is 3.24. The van der Waals surface area contributed by atoms with E-state index in [1.54, 1.807) is 0 Å². The fourth-order valence-electron chi connectivity index (χ4n) is 2.59. The number of hydrogen-bond acceptors (Lipinski definition) is 3. The van der Waals surface area contributed by atoms with E-state index in [1.807, 2.05) is 42.5 Å². The van der Waals surface area contributed by atoms with E-state index in [0.29, 0.717) is 32.7 Å². The highest BCUT2D eigenvalue weighted by Gasteiger charge is 2.23. The molecular weight excluding hydrogens is 286 g/mol. The molecule has 0 atom stereocenters. The summed E-state index contributed by atoms with van der Waals surface area (Å²) < 4.78 is 28.8. The van der Waals surface area contributed by atoms with Crippen LogP contribution >= 0.6 is 0 Å². The Bertz CT molecular complexity index is 719. The summed E-state index contributed by atoms with van der Waals surface area (Å²) in [6.07, 6.45) is 0. The van der Waals surface area contributed by atoms with Crippen molar-refractivity contribution in [2.75, 3.05) is 26.2 Å². The molecule has 1 heterocycles. The molecule has 0 amide bonds. The Hall–Kier alpha value is -1.47. The molecule has 0 aromatic heterocycles. The Morgan fingerprint density at radius 3 is 2.57 bits per heavy atom. The summed E-state index contributed by atoms with van der Waals surface area (Å²) in [5.74, 6) is 0. The lowest BCUT2D eigenvalue weighted by atomic mass is 10.1. The van der Waals surface area contributed by atoms with E-state index in [9.17, 15) is 8.42 Å². The summed E-state index contributed by atoms with van der Waals surface area (Å²) in [5, 5.41) is 5.36. The maximum Gasteiger partial charge on any atom is 0.279 e. The van der Waals surface area contributed by atoms with Gasteiger partial charge in [0.1, 0.15) is 0 Å². The van der Waals surface area contributed by atoms with Crippen molar-refractivity contribution in [3.63, 3.8) is 0 Å². The number of fused-ring (bicyclic) bond motifs is 1. The number of piperazine rings is 1. The summed E-state index contributed by atoms with van der Waals surface area (Å²) >= 11 is 0. The van der Waals surface area contributed by atoms with Crippen LogP contribution in [-0.4, -0.2) is 38.9 Å². The number of rotatable bonds is 4. The normalized spacial score (nSPS) is 17.1. The average molecular weight is 305 g/mol. The molecule has 1 saturated heterocycles. The minimum atomic E-state index is -3.41. The van der Waals surface area contributed by atoms with Crippen molar-refractivity contribution >= 4 is 21.0 Å². The third-order valence-electron chi connectivity index (χ3n) is 3.74. The Morgan fingerprint density at radius 1 is 1.05 bits per heavy atom. The van der Waals surface area contributed by atoms with Crippen LogP contribution in [0.15, 0.2) is 42.5 Å². The third-order valence-corrected chi connectivity index (χ3v) is 5.29. The van der Waals surface area contributed by atoms with Gasteiger partial charge in [-0.25, -0.2) is 0 Å². The van der Waals surface area contributed by atoms with Crippen LogP contribution < -0.4 is 10.0 Å². The SMILES string of the molecule is O=S(=O)(NCc1cccc2ccccc12)N1CCNCC1. The standard InChI is InChI=1S/C15H19N3O2S/c19-21(20,18-10-8-16-9-11-18)17-12-14-6-3-5-13-4-1-2-7-15(13)14/h1-7,16-17H,8-12H2. The van der Waals surface area contributed by atoms with Crippen molar-refractivity contribution < 1.29 is 8.42 Å². The second-order valence-electron chi connectivity index (χ2n) is 5.11. The number of nitrogens with one attached hydrogen (secondary N) is 2. The van der Waals surface area contributed by atoms with Gasteiger partial charge in [0.2, 0.25) is 0 Å². The van der Waals surface area contributed by atoms with Gasteiger partial charge in [-0.3, -0.25) is 0 Å². The molecule has 0 bridgehead atoms. The van der Waals surface area contributed by atoms with E-state index in [0.717, 1.165) is 16.3 Å². The van der Waals surface area contributed by atoms with Crippen LogP contribution in [0, 0.1) is 0 Å². The van der Waals surface area contributed by atoms with Crippen molar-refractivity contribution in [3.8, 4) is 0 Å². The highest BCUT2D eigenvalue weighted by molar-refractivity contribution is 7.87. The number of nitrogens with zero attached hydrogens (tertiary/aromatic N) is 1. The maximum absolute atomic E-state index is 12.3. The van der Waals surface area contributed by atoms with E-state index in [2.05, 4.69) is 10.0 Å². The first-order chi connectivity index (χ1) is 10.2. The summed E-state index contributed by atoms with van der Waals surface area (Å²) in [4.78, 5) is 0. The predicted molar refractivity (Wildman–Crippen MR) is 84.2 cm³/mol. The van der Waals surface area contributed by atoms with Crippen LogP contribution in [-0.2, 0) is 16.8 Å². The van der Waals surface area contributed by atoms with Crippen molar-refractivity contribution in [1.29, 1.82) is 0 Å². The molecule has 2 aromatic rings. The molecular formula is C15H19N3O2S. The second-order valence-corrected chi connectivity index (χ2v) is 6.87. The van der Waals surface area contributed by atoms with Crippen LogP contribution in [0.4, 0.5) is 0 Å². The monoisotopic (exact) mass is 305 g/mol. The van der Waals surface area contributed by atoms with Crippen molar-refractivity contribution in [2.45, 2.75) is 6.54 Å². The first kappa shape index (κ1) is 14.5. The molecule has 0 aliphatic carbocycles. The van der Waals surface area contributed by atoms with Gasteiger partial charge in [0, 0.05) is 32.7 Å². The Balaban J connectivity index is 1.77. The van der Waals surface area contributed by atoms with Crippen molar-refractivity contribution in [2.24, 2.45) is 0 Å². The van der Waals surface area contributed by atoms with E-state index >= 15 is 0 Å². The van der Waals surface area contributed by atoms with Gasteiger partial charge in [-0.2, -0.15) is 17.4 Å². The molecule has 2 aromatic carbocycles. The van der Waals surface area contributed by atoms with Crippen molar-refractivity contribution in [1.82, 2.24) is 14.3 Å². The zero-order chi connectivity index (χ0) is 14.7. The van der Waals surface area contributed by atoms with Crippen LogP contribution in [0.1, 0.15) is 5.56 Å². The Morgan fingerprint density at radius 2 is 1.76 bits per heavy atom. The van der Waals surface area contributed by atoms with Gasteiger partial charge in [0.25, 0.3) is 10.2 Å². The van der Waals surface area contributed by atoms with Gasteiger partial charge in [0.15, 0.2) is 0 Å². The number of hydrogen-bond donors (Lipinski definition) is 2. The summed E-state index contributed by atoms with van der Waals surface area (Å²) in [6, 6.07) is 13.9.